The lowest BCUT2D eigenvalue weighted by Crippen LogP contribution is -2.04. The molecule has 3 heterocycles. The van der Waals surface area contributed by atoms with Crippen LogP contribution in [0, 0.1) is 0 Å². The molecule has 11 rings (SSSR count). The van der Waals surface area contributed by atoms with Gasteiger partial charge >= 0.3 is 0 Å². The first-order valence-corrected chi connectivity index (χ1v) is 16.3. The molecule has 8 aromatic carbocycles. The summed E-state index contributed by atoms with van der Waals surface area (Å²) in [6.07, 6.45) is 0. The molecule has 3 aromatic heterocycles. The molecule has 0 bridgehead atoms. The van der Waals surface area contributed by atoms with Crippen molar-refractivity contribution in [2.45, 2.75) is 0 Å². The van der Waals surface area contributed by atoms with Gasteiger partial charge in [0.15, 0.2) is 5.58 Å². The van der Waals surface area contributed by atoms with Crippen LogP contribution in [0.15, 0.2) is 156 Å². The molecule has 0 saturated carbocycles. The monoisotopic (exact) mass is 611 g/mol. The summed E-state index contributed by atoms with van der Waals surface area (Å²) in [7, 11) is 0. The van der Waals surface area contributed by atoms with Crippen molar-refractivity contribution in [2.24, 2.45) is 0 Å². The SMILES string of the molecule is c1ccc2cc(-c3nc(-n4c5c6ccccc6ccc5c5c6ccccc6c6c7ccccc7oc6c54)nc4ccccc34)ccc2c1. The maximum Gasteiger partial charge on any atom is 0.235 e. The molecular weight excluding hydrogens is 587 g/mol. The highest BCUT2D eigenvalue weighted by atomic mass is 16.3. The minimum Gasteiger partial charge on any atom is -0.454 e. The smallest absolute Gasteiger partial charge is 0.235 e. The molecule has 0 saturated heterocycles. The second kappa shape index (κ2) is 9.50. The first kappa shape index (κ1) is 25.6. The van der Waals surface area contributed by atoms with Crippen LogP contribution in [0.1, 0.15) is 0 Å². The number of hydrogen-bond donors (Lipinski definition) is 0. The number of para-hydroxylation sites is 2. The molecule has 0 unspecified atom stereocenters. The Hall–Kier alpha value is -6.52. The van der Waals surface area contributed by atoms with Crippen LogP contribution in [0.5, 0.6) is 0 Å². The molecule has 0 aliphatic rings. The van der Waals surface area contributed by atoms with Crippen LogP contribution in [-0.4, -0.2) is 14.5 Å². The lowest BCUT2D eigenvalue weighted by molar-refractivity contribution is 0.671. The van der Waals surface area contributed by atoms with Gasteiger partial charge in [-0.3, -0.25) is 4.57 Å². The summed E-state index contributed by atoms with van der Waals surface area (Å²) in [6.45, 7) is 0. The average molecular weight is 612 g/mol. The standard InChI is InChI=1S/C44H25N3O/c1-2-13-28-25-29(22-21-26(28)11-1)40-33-17-7-9-19-36(33)45-44(46-40)47-41-30-14-4-3-12-27(30)23-24-35(41)38-31-15-5-6-16-32(31)39-34-18-8-10-20-37(34)48-43(39)42(38)47/h1-25H. The molecule has 222 valence electrons. The van der Waals surface area contributed by atoms with Gasteiger partial charge in [-0.2, -0.15) is 0 Å². The average Bonchev–Trinajstić information content (AvgIpc) is 3.72. The maximum absolute atomic E-state index is 6.85. The first-order chi connectivity index (χ1) is 23.8. The Balaban J connectivity index is 1.38. The first-order valence-electron chi connectivity index (χ1n) is 16.3. The van der Waals surface area contributed by atoms with Gasteiger partial charge in [-0.1, -0.05) is 133 Å². The van der Waals surface area contributed by atoms with Gasteiger partial charge in [0, 0.05) is 37.9 Å². The Morgan fingerprint density at radius 2 is 1.08 bits per heavy atom. The summed E-state index contributed by atoms with van der Waals surface area (Å²) in [5.41, 5.74) is 6.60. The molecule has 0 atom stereocenters. The molecular formula is C44H25N3O. The largest absolute Gasteiger partial charge is 0.454 e. The molecule has 0 N–H and O–H groups in total. The number of benzene rings is 8. The highest BCUT2D eigenvalue weighted by Crippen LogP contribution is 2.47. The van der Waals surface area contributed by atoms with Crippen molar-refractivity contribution in [3.8, 4) is 17.2 Å². The summed E-state index contributed by atoms with van der Waals surface area (Å²) < 4.78 is 9.12. The van der Waals surface area contributed by atoms with Gasteiger partial charge in [0.05, 0.1) is 16.7 Å². The predicted molar refractivity (Wildman–Crippen MR) is 199 cm³/mol. The lowest BCUT2D eigenvalue weighted by Gasteiger charge is -2.13. The summed E-state index contributed by atoms with van der Waals surface area (Å²) in [6, 6.07) is 53.5. The lowest BCUT2D eigenvalue weighted by atomic mass is 9.98. The van der Waals surface area contributed by atoms with E-state index in [1.54, 1.807) is 0 Å². The van der Waals surface area contributed by atoms with Gasteiger partial charge in [-0.05, 0) is 45.1 Å². The van der Waals surface area contributed by atoms with E-state index >= 15 is 0 Å². The summed E-state index contributed by atoms with van der Waals surface area (Å²) in [5.74, 6) is 0.616. The zero-order chi connectivity index (χ0) is 31.3. The van der Waals surface area contributed by atoms with E-state index in [1.165, 1.54) is 21.5 Å². The Kier molecular flexibility index (Phi) is 5.08. The second-order valence-electron chi connectivity index (χ2n) is 12.5. The maximum atomic E-state index is 6.85. The van der Waals surface area contributed by atoms with Gasteiger partial charge in [0.1, 0.15) is 11.1 Å². The van der Waals surface area contributed by atoms with E-state index < -0.39 is 0 Å². The van der Waals surface area contributed by atoms with Crippen LogP contribution < -0.4 is 0 Å². The van der Waals surface area contributed by atoms with Crippen LogP contribution in [0.4, 0.5) is 0 Å². The minimum absolute atomic E-state index is 0.616. The molecule has 11 aromatic rings. The normalized spacial score (nSPS) is 12.2. The fourth-order valence-electron chi connectivity index (χ4n) is 7.86. The topological polar surface area (TPSA) is 43.9 Å². The summed E-state index contributed by atoms with van der Waals surface area (Å²) in [5, 5.41) is 12.6. The third-order valence-electron chi connectivity index (χ3n) is 9.94. The molecule has 4 nitrogen and oxygen atoms in total. The van der Waals surface area contributed by atoms with Crippen molar-refractivity contribution in [3.63, 3.8) is 0 Å². The van der Waals surface area contributed by atoms with Gasteiger partial charge in [-0.25, -0.2) is 9.97 Å². The van der Waals surface area contributed by atoms with Gasteiger partial charge in [0.2, 0.25) is 5.95 Å². The van der Waals surface area contributed by atoms with Crippen molar-refractivity contribution in [1.29, 1.82) is 0 Å². The zero-order valence-electron chi connectivity index (χ0n) is 25.7. The van der Waals surface area contributed by atoms with Gasteiger partial charge < -0.3 is 4.42 Å². The van der Waals surface area contributed by atoms with Gasteiger partial charge in [-0.15, -0.1) is 0 Å². The van der Waals surface area contributed by atoms with Crippen LogP contribution >= 0.6 is 0 Å². The molecule has 0 amide bonds. The number of nitrogens with zero attached hydrogens (tertiary/aromatic N) is 3. The predicted octanol–water partition coefficient (Wildman–Crippen LogP) is 11.8. The Labute approximate surface area is 274 Å². The number of fused-ring (bicyclic) bond motifs is 14. The Morgan fingerprint density at radius 3 is 1.94 bits per heavy atom. The quantitative estimate of drug-likeness (QED) is 0.195. The summed E-state index contributed by atoms with van der Waals surface area (Å²) >= 11 is 0. The number of furan rings is 1. The van der Waals surface area contributed by atoms with E-state index in [9.17, 15) is 0 Å². The molecule has 0 aliphatic heterocycles. The summed E-state index contributed by atoms with van der Waals surface area (Å²) in [4.78, 5) is 10.8. The molecule has 4 heteroatoms. The fraction of sp³-hybridized carbons (Fsp3) is 0. The van der Waals surface area contributed by atoms with E-state index in [2.05, 4.69) is 150 Å². The minimum atomic E-state index is 0.616. The van der Waals surface area contributed by atoms with Crippen molar-refractivity contribution in [1.82, 2.24) is 14.5 Å². The third-order valence-corrected chi connectivity index (χ3v) is 9.94. The van der Waals surface area contributed by atoms with Gasteiger partial charge in [0.25, 0.3) is 0 Å². The number of aromatic nitrogens is 3. The van der Waals surface area contributed by atoms with Crippen molar-refractivity contribution in [3.05, 3.63) is 152 Å². The zero-order valence-corrected chi connectivity index (χ0v) is 25.7. The Bertz CT molecular complexity index is 3130. The van der Waals surface area contributed by atoms with Crippen LogP contribution in [-0.2, 0) is 0 Å². The van der Waals surface area contributed by atoms with Crippen molar-refractivity contribution >= 4 is 87.0 Å². The third kappa shape index (κ3) is 3.43. The Morgan fingerprint density at radius 1 is 0.438 bits per heavy atom. The molecule has 48 heavy (non-hydrogen) atoms. The second-order valence-corrected chi connectivity index (χ2v) is 12.5. The highest BCUT2D eigenvalue weighted by Gasteiger charge is 2.25. The van der Waals surface area contributed by atoms with Crippen LogP contribution in [0.2, 0.25) is 0 Å². The van der Waals surface area contributed by atoms with Crippen LogP contribution in [0.3, 0.4) is 0 Å². The highest BCUT2D eigenvalue weighted by molar-refractivity contribution is 6.36. The van der Waals surface area contributed by atoms with E-state index in [0.717, 1.165) is 76.7 Å². The molecule has 0 fully saturated rings. The van der Waals surface area contributed by atoms with E-state index in [4.69, 9.17) is 14.4 Å². The number of rotatable bonds is 2. The van der Waals surface area contributed by atoms with E-state index in [0.29, 0.717) is 5.95 Å². The number of hydrogen-bond acceptors (Lipinski definition) is 3. The molecule has 0 radical (unpaired) electrons. The fourth-order valence-corrected chi connectivity index (χ4v) is 7.86. The molecule has 0 spiro atoms. The van der Waals surface area contributed by atoms with E-state index in [1.807, 2.05) is 6.07 Å². The van der Waals surface area contributed by atoms with Crippen molar-refractivity contribution < 1.29 is 4.42 Å². The van der Waals surface area contributed by atoms with E-state index in [-0.39, 0.29) is 0 Å². The van der Waals surface area contributed by atoms with Crippen molar-refractivity contribution in [2.75, 3.05) is 0 Å². The molecule has 0 aliphatic carbocycles. The van der Waals surface area contributed by atoms with Crippen LogP contribution in [0.25, 0.3) is 104 Å².